The molecule has 1 aromatic carbocycles. The van der Waals surface area contributed by atoms with Gasteiger partial charge in [-0.15, -0.1) is 0 Å². The third-order valence-electron chi connectivity index (χ3n) is 8.19. The third-order valence-corrected chi connectivity index (χ3v) is 8.50. The van der Waals surface area contributed by atoms with Crippen LogP contribution in [0.1, 0.15) is 89.0 Å². The van der Waals surface area contributed by atoms with Crippen molar-refractivity contribution in [2.24, 2.45) is 29.6 Å². The summed E-state index contributed by atoms with van der Waals surface area (Å²) in [6.07, 6.45) is 15.5. The number of fused-ring (bicyclic) bond motifs is 1. The Balaban J connectivity index is 1.30. The highest BCUT2D eigenvalue weighted by molar-refractivity contribution is 6.30. The van der Waals surface area contributed by atoms with Gasteiger partial charge in [-0.1, -0.05) is 37.4 Å². The lowest BCUT2D eigenvalue weighted by atomic mass is 9.60. The van der Waals surface area contributed by atoms with E-state index in [1.807, 2.05) is 6.07 Å². The van der Waals surface area contributed by atoms with Crippen LogP contribution in [0, 0.1) is 35.4 Å². The van der Waals surface area contributed by atoms with Crippen molar-refractivity contribution in [2.75, 3.05) is 0 Å². The Morgan fingerprint density at radius 3 is 2.15 bits per heavy atom. The summed E-state index contributed by atoms with van der Waals surface area (Å²) in [5.41, 5.74) is 1.16. The summed E-state index contributed by atoms with van der Waals surface area (Å²) in [6, 6.07) is 5.44. The Kier molecular flexibility index (Phi) is 5.93. The Labute approximate surface area is 163 Å². The lowest BCUT2D eigenvalue weighted by Gasteiger charge is -2.45. The van der Waals surface area contributed by atoms with Crippen LogP contribution in [0.2, 0.25) is 5.02 Å². The maximum Gasteiger partial charge on any atom is 0.142 e. The maximum atomic E-state index is 13.8. The molecule has 0 heterocycles. The first-order chi connectivity index (χ1) is 12.6. The fourth-order valence-corrected chi connectivity index (χ4v) is 6.63. The zero-order chi connectivity index (χ0) is 18.1. The molecule has 0 aromatic heterocycles. The molecule has 0 saturated heterocycles. The van der Waals surface area contributed by atoms with Crippen LogP contribution in [0.4, 0.5) is 4.39 Å². The van der Waals surface area contributed by atoms with E-state index in [1.165, 1.54) is 70.6 Å². The summed E-state index contributed by atoms with van der Waals surface area (Å²) in [6.45, 7) is 2.38. The summed E-state index contributed by atoms with van der Waals surface area (Å²) in [7, 11) is 0. The molecule has 0 N–H and O–H groups in total. The second kappa shape index (κ2) is 8.21. The SMILES string of the molecule is CCC1CCC2CC(C3CCC(c4ccc(Cl)c(F)c4)CC3)CCC2C1. The first-order valence-corrected chi connectivity index (χ1v) is 11.5. The van der Waals surface area contributed by atoms with Gasteiger partial charge in [-0.05, 0) is 111 Å². The molecule has 0 spiro atoms. The molecule has 0 amide bonds. The van der Waals surface area contributed by atoms with E-state index in [9.17, 15) is 4.39 Å². The smallest absolute Gasteiger partial charge is 0.142 e. The van der Waals surface area contributed by atoms with Gasteiger partial charge in [0.25, 0.3) is 0 Å². The molecule has 4 unspecified atom stereocenters. The van der Waals surface area contributed by atoms with Gasteiger partial charge in [0.05, 0.1) is 5.02 Å². The first kappa shape index (κ1) is 18.8. The van der Waals surface area contributed by atoms with Crippen molar-refractivity contribution in [3.8, 4) is 0 Å². The van der Waals surface area contributed by atoms with E-state index in [0.717, 1.165) is 35.2 Å². The molecule has 3 aliphatic carbocycles. The standard InChI is InChI=1S/C24H34ClF/c1-2-16-3-4-21-14-20(10-9-19(21)13-16)17-5-7-18(8-6-17)22-11-12-23(25)24(26)15-22/h11-12,15-21H,2-10,13-14H2,1H3. The molecular formula is C24H34ClF. The zero-order valence-corrected chi connectivity index (χ0v) is 17.0. The van der Waals surface area contributed by atoms with Crippen molar-refractivity contribution in [2.45, 2.75) is 83.5 Å². The van der Waals surface area contributed by atoms with Crippen LogP contribution in [-0.2, 0) is 0 Å². The van der Waals surface area contributed by atoms with E-state index in [4.69, 9.17) is 11.6 Å². The molecule has 144 valence electrons. The van der Waals surface area contributed by atoms with Crippen molar-refractivity contribution < 1.29 is 4.39 Å². The fourth-order valence-electron chi connectivity index (χ4n) is 6.51. The van der Waals surface area contributed by atoms with E-state index in [-0.39, 0.29) is 10.8 Å². The second-order valence-electron chi connectivity index (χ2n) is 9.47. The fraction of sp³-hybridized carbons (Fsp3) is 0.750. The van der Waals surface area contributed by atoms with Gasteiger partial charge in [0.1, 0.15) is 5.82 Å². The second-order valence-corrected chi connectivity index (χ2v) is 9.87. The normalized spacial score (nSPS) is 38.0. The van der Waals surface area contributed by atoms with E-state index in [0.29, 0.717) is 5.92 Å². The van der Waals surface area contributed by atoms with Crippen LogP contribution < -0.4 is 0 Å². The van der Waals surface area contributed by atoms with Crippen LogP contribution in [0.15, 0.2) is 18.2 Å². The van der Waals surface area contributed by atoms with Gasteiger partial charge in [0, 0.05) is 0 Å². The average Bonchev–Trinajstić information content (AvgIpc) is 2.69. The molecule has 3 saturated carbocycles. The minimum Gasteiger partial charge on any atom is -0.205 e. The van der Waals surface area contributed by atoms with Gasteiger partial charge in [-0.25, -0.2) is 4.39 Å². The topological polar surface area (TPSA) is 0 Å². The van der Waals surface area contributed by atoms with E-state index >= 15 is 0 Å². The zero-order valence-electron chi connectivity index (χ0n) is 16.2. The summed E-state index contributed by atoms with van der Waals surface area (Å²) < 4.78 is 13.8. The molecule has 2 heteroatoms. The van der Waals surface area contributed by atoms with Crippen molar-refractivity contribution in [1.29, 1.82) is 0 Å². The average molecular weight is 377 g/mol. The van der Waals surface area contributed by atoms with Crippen LogP contribution in [0.3, 0.4) is 0 Å². The molecule has 0 nitrogen and oxygen atoms in total. The number of halogens is 2. The molecule has 0 bridgehead atoms. The van der Waals surface area contributed by atoms with Gasteiger partial charge >= 0.3 is 0 Å². The largest absolute Gasteiger partial charge is 0.205 e. The van der Waals surface area contributed by atoms with Gasteiger partial charge in [0.2, 0.25) is 0 Å². The predicted molar refractivity (Wildman–Crippen MR) is 108 cm³/mol. The Morgan fingerprint density at radius 1 is 0.846 bits per heavy atom. The van der Waals surface area contributed by atoms with E-state index in [1.54, 1.807) is 12.1 Å². The highest BCUT2D eigenvalue weighted by atomic mass is 35.5. The summed E-state index contributed by atoms with van der Waals surface area (Å²) in [5.74, 6) is 5.26. The van der Waals surface area contributed by atoms with E-state index in [2.05, 4.69) is 6.92 Å². The van der Waals surface area contributed by atoms with Gasteiger partial charge < -0.3 is 0 Å². The Morgan fingerprint density at radius 2 is 1.46 bits per heavy atom. The van der Waals surface area contributed by atoms with Crippen LogP contribution >= 0.6 is 11.6 Å². The molecule has 26 heavy (non-hydrogen) atoms. The van der Waals surface area contributed by atoms with Crippen molar-refractivity contribution in [3.05, 3.63) is 34.6 Å². The minimum atomic E-state index is -0.257. The number of benzene rings is 1. The van der Waals surface area contributed by atoms with E-state index < -0.39 is 0 Å². The van der Waals surface area contributed by atoms with Crippen LogP contribution in [0.25, 0.3) is 0 Å². The number of hydrogen-bond acceptors (Lipinski definition) is 0. The molecule has 4 rings (SSSR count). The number of rotatable bonds is 3. The third kappa shape index (κ3) is 3.98. The molecule has 4 atom stereocenters. The van der Waals surface area contributed by atoms with Gasteiger partial charge in [-0.2, -0.15) is 0 Å². The lowest BCUT2D eigenvalue weighted by molar-refractivity contribution is 0.0629. The number of hydrogen-bond donors (Lipinski definition) is 0. The highest BCUT2D eigenvalue weighted by Crippen LogP contribution is 2.50. The highest BCUT2D eigenvalue weighted by Gasteiger charge is 2.38. The van der Waals surface area contributed by atoms with Crippen molar-refractivity contribution >= 4 is 11.6 Å². The van der Waals surface area contributed by atoms with Crippen LogP contribution in [0.5, 0.6) is 0 Å². The van der Waals surface area contributed by atoms with Crippen molar-refractivity contribution in [3.63, 3.8) is 0 Å². The molecule has 1 aromatic rings. The summed E-state index contributed by atoms with van der Waals surface area (Å²) in [5, 5.41) is 0.247. The van der Waals surface area contributed by atoms with Gasteiger partial charge in [-0.3, -0.25) is 0 Å². The molecule has 3 aliphatic rings. The maximum absolute atomic E-state index is 13.8. The summed E-state index contributed by atoms with van der Waals surface area (Å²) in [4.78, 5) is 0. The minimum absolute atomic E-state index is 0.247. The quantitative estimate of drug-likeness (QED) is 0.501. The molecule has 0 aliphatic heterocycles. The lowest BCUT2D eigenvalue weighted by Crippen LogP contribution is -2.34. The monoisotopic (exact) mass is 376 g/mol. The molecule has 3 fully saturated rings. The molecule has 0 radical (unpaired) electrons. The summed E-state index contributed by atoms with van der Waals surface area (Å²) >= 11 is 5.84. The van der Waals surface area contributed by atoms with Crippen molar-refractivity contribution in [1.82, 2.24) is 0 Å². The predicted octanol–water partition coefficient (Wildman–Crippen LogP) is 8.00. The first-order valence-electron chi connectivity index (χ1n) is 11.1. The van der Waals surface area contributed by atoms with Crippen LogP contribution in [-0.4, -0.2) is 0 Å². The van der Waals surface area contributed by atoms with Gasteiger partial charge in [0.15, 0.2) is 0 Å². The Hall–Kier alpha value is -0.560. The Bertz CT molecular complexity index is 604. The molecular weight excluding hydrogens is 343 g/mol.